The van der Waals surface area contributed by atoms with E-state index < -0.39 is 0 Å². The van der Waals surface area contributed by atoms with Gasteiger partial charge in [0.15, 0.2) is 10.9 Å². The van der Waals surface area contributed by atoms with Crippen molar-refractivity contribution in [3.05, 3.63) is 77.0 Å². The van der Waals surface area contributed by atoms with Crippen LogP contribution in [0.2, 0.25) is 0 Å². The number of thiazole rings is 1. The number of carbonyl (C=O) groups excluding carboxylic acids is 1. The van der Waals surface area contributed by atoms with Crippen LogP contribution in [-0.2, 0) is 6.54 Å². The van der Waals surface area contributed by atoms with Crippen molar-refractivity contribution >= 4 is 22.4 Å². The molecule has 1 amide bonds. The molecule has 140 valence electrons. The Bertz CT molecular complexity index is 1160. The summed E-state index contributed by atoms with van der Waals surface area (Å²) in [7, 11) is 0. The lowest BCUT2D eigenvalue weighted by Crippen LogP contribution is -2.19. The number of anilines is 1. The van der Waals surface area contributed by atoms with Crippen LogP contribution in [0.3, 0.4) is 0 Å². The van der Waals surface area contributed by atoms with Crippen molar-refractivity contribution in [2.75, 3.05) is 5.32 Å². The second-order valence-electron chi connectivity index (χ2n) is 5.86. The molecular weight excluding hydrogens is 376 g/mol. The Morgan fingerprint density at radius 1 is 1.18 bits per heavy atom. The number of nitrogens with zero attached hydrogens (tertiary/aromatic N) is 3. The number of nitrogens with one attached hydrogen (secondary N) is 1. The average molecular weight is 392 g/mol. The predicted octanol–water partition coefficient (Wildman–Crippen LogP) is 3.90. The molecule has 4 rings (SSSR count). The Hall–Kier alpha value is -3.52. The van der Waals surface area contributed by atoms with Crippen LogP contribution in [0, 0.1) is 0 Å². The summed E-state index contributed by atoms with van der Waals surface area (Å²) in [6.45, 7) is 2.42. The number of rotatable bonds is 5. The third-order valence-corrected chi connectivity index (χ3v) is 5.14. The Morgan fingerprint density at radius 2 is 2.00 bits per heavy atom. The first-order valence-electron chi connectivity index (χ1n) is 8.63. The SMILES string of the molecule is CCn1c(-c2sc(NC(=O)c3ccncc3)nc2-c2ccco2)cccc1=O. The zero-order valence-electron chi connectivity index (χ0n) is 15.0. The van der Waals surface area contributed by atoms with E-state index in [1.165, 1.54) is 17.4 Å². The van der Waals surface area contributed by atoms with E-state index in [0.29, 0.717) is 28.7 Å². The van der Waals surface area contributed by atoms with Gasteiger partial charge >= 0.3 is 0 Å². The lowest BCUT2D eigenvalue weighted by atomic mass is 10.2. The van der Waals surface area contributed by atoms with Crippen molar-refractivity contribution in [2.45, 2.75) is 13.5 Å². The molecule has 0 saturated heterocycles. The minimum Gasteiger partial charge on any atom is -0.463 e. The van der Waals surface area contributed by atoms with Crippen LogP contribution in [0.15, 0.2) is 70.3 Å². The molecule has 4 heterocycles. The van der Waals surface area contributed by atoms with E-state index in [1.54, 1.807) is 53.6 Å². The fourth-order valence-electron chi connectivity index (χ4n) is 2.84. The zero-order valence-corrected chi connectivity index (χ0v) is 15.8. The van der Waals surface area contributed by atoms with Gasteiger partial charge in [0.2, 0.25) is 0 Å². The summed E-state index contributed by atoms with van der Waals surface area (Å²) in [5.74, 6) is 0.282. The standard InChI is InChI=1S/C20H16N4O3S/c1-2-24-14(5-3-7-16(24)25)18-17(15-6-4-12-27-15)22-20(28-18)23-19(26)13-8-10-21-11-9-13/h3-12H,2H2,1H3,(H,22,23,26). The van der Waals surface area contributed by atoms with E-state index in [2.05, 4.69) is 15.3 Å². The molecule has 0 radical (unpaired) electrons. The molecule has 0 atom stereocenters. The first-order valence-corrected chi connectivity index (χ1v) is 9.45. The normalized spacial score (nSPS) is 10.8. The number of carbonyl (C=O) groups is 1. The highest BCUT2D eigenvalue weighted by Gasteiger charge is 2.20. The summed E-state index contributed by atoms with van der Waals surface area (Å²) < 4.78 is 7.19. The molecule has 0 fully saturated rings. The Morgan fingerprint density at radius 3 is 2.71 bits per heavy atom. The van der Waals surface area contributed by atoms with Crippen LogP contribution in [-0.4, -0.2) is 20.4 Å². The summed E-state index contributed by atoms with van der Waals surface area (Å²) in [5, 5.41) is 3.23. The van der Waals surface area contributed by atoms with E-state index in [4.69, 9.17) is 4.42 Å². The average Bonchev–Trinajstić information content (AvgIpc) is 3.38. The number of amides is 1. The molecular formula is C20H16N4O3S. The molecule has 0 aliphatic heterocycles. The van der Waals surface area contributed by atoms with Crippen LogP contribution in [0.25, 0.3) is 22.0 Å². The van der Waals surface area contributed by atoms with Gasteiger partial charge in [0.1, 0.15) is 5.69 Å². The molecule has 4 aromatic rings. The van der Waals surface area contributed by atoms with Gasteiger partial charge in [-0.25, -0.2) is 4.98 Å². The maximum Gasteiger partial charge on any atom is 0.257 e. The highest BCUT2D eigenvalue weighted by atomic mass is 32.1. The van der Waals surface area contributed by atoms with Gasteiger partial charge in [-0.15, -0.1) is 0 Å². The van der Waals surface area contributed by atoms with Crippen molar-refractivity contribution in [2.24, 2.45) is 0 Å². The Balaban J connectivity index is 1.80. The maximum absolute atomic E-state index is 12.5. The van der Waals surface area contributed by atoms with Gasteiger partial charge in [0.25, 0.3) is 11.5 Å². The number of aromatic nitrogens is 3. The molecule has 0 aromatic carbocycles. The predicted molar refractivity (Wildman–Crippen MR) is 107 cm³/mol. The topological polar surface area (TPSA) is 90.0 Å². The van der Waals surface area contributed by atoms with Gasteiger partial charge in [-0.2, -0.15) is 0 Å². The molecule has 28 heavy (non-hydrogen) atoms. The molecule has 0 bridgehead atoms. The molecule has 4 aromatic heterocycles. The molecule has 8 heteroatoms. The second kappa shape index (κ2) is 7.61. The Labute approximate surface area is 164 Å². The minimum atomic E-state index is -0.283. The summed E-state index contributed by atoms with van der Waals surface area (Å²) >= 11 is 1.29. The van der Waals surface area contributed by atoms with Crippen molar-refractivity contribution in [1.82, 2.24) is 14.5 Å². The van der Waals surface area contributed by atoms with Crippen LogP contribution in [0.4, 0.5) is 5.13 Å². The largest absolute Gasteiger partial charge is 0.463 e. The fraction of sp³-hybridized carbons (Fsp3) is 0.100. The van der Waals surface area contributed by atoms with Crippen molar-refractivity contribution in [3.63, 3.8) is 0 Å². The zero-order chi connectivity index (χ0) is 19.5. The number of hydrogen-bond acceptors (Lipinski definition) is 6. The van der Waals surface area contributed by atoms with Gasteiger partial charge in [-0.3, -0.25) is 19.9 Å². The summed E-state index contributed by atoms with van der Waals surface area (Å²) in [6.07, 6.45) is 4.67. The number of furan rings is 1. The van der Waals surface area contributed by atoms with Gasteiger partial charge in [-0.05, 0) is 37.3 Å². The summed E-state index contributed by atoms with van der Waals surface area (Å²) in [5.41, 5.74) is 1.69. The third-order valence-electron chi connectivity index (χ3n) is 4.14. The van der Waals surface area contributed by atoms with Crippen LogP contribution in [0.1, 0.15) is 17.3 Å². The van der Waals surface area contributed by atoms with Gasteiger partial charge < -0.3 is 8.98 Å². The third kappa shape index (κ3) is 3.37. The quantitative estimate of drug-likeness (QED) is 0.556. The lowest BCUT2D eigenvalue weighted by Gasteiger charge is -2.09. The van der Waals surface area contributed by atoms with E-state index >= 15 is 0 Å². The second-order valence-corrected chi connectivity index (χ2v) is 6.86. The molecule has 0 unspecified atom stereocenters. The lowest BCUT2D eigenvalue weighted by molar-refractivity contribution is 0.102. The highest BCUT2D eigenvalue weighted by molar-refractivity contribution is 7.19. The molecule has 7 nitrogen and oxygen atoms in total. The molecule has 0 spiro atoms. The highest BCUT2D eigenvalue weighted by Crippen LogP contribution is 2.38. The summed E-state index contributed by atoms with van der Waals surface area (Å²) in [4.78, 5) is 34.0. The van der Waals surface area contributed by atoms with Crippen LogP contribution >= 0.6 is 11.3 Å². The first-order chi connectivity index (χ1) is 13.7. The van der Waals surface area contributed by atoms with E-state index in [-0.39, 0.29) is 11.5 Å². The van der Waals surface area contributed by atoms with Gasteiger partial charge in [-0.1, -0.05) is 17.4 Å². The van der Waals surface area contributed by atoms with Gasteiger partial charge in [0, 0.05) is 30.6 Å². The molecule has 0 aliphatic rings. The fourth-order valence-corrected chi connectivity index (χ4v) is 3.84. The van der Waals surface area contributed by atoms with Crippen LogP contribution < -0.4 is 10.9 Å². The van der Waals surface area contributed by atoms with Crippen molar-refractivity contribution in [1.29, 1.82) is 0 Å². The first kappa shape index (κ1) is 17.9. The monoisotopic (exact) mass is 392 g/mol. The Kier molecular flexibility index (Phi) is 4.86. The van der Waals surface area contributed by atoms with Crippen molar-refractivity contribution < 1.29 is 9.21 Å². The summed E-state index contributed by atoms with van der Waals surface area (Å²) in [6, 6.07) is 11.9. The molecule has 1 N–H and O–H groups in total. The smallest absolute Gasteiger partial charge is 0.257 e. The van der Waals surface area contributed by atoms with Crippen molar-refractivity contribution in [3.8, 4) is 22.0 Å². The van der Waals surface area contributed by atoms with Crippen LogP contribution in [0.5, 0.6) is 0 Å². The number of hydrogen-bond donors (Lipinski definition) is 1. The number of pyridine rings is 2. The maximum atomic E-state index is 12.5. The van der Waals surface area contributed by atoms with Gasteiger partial charge in [0.05, 0.1) is 16.8 Å². The molecule has 0 saturated carbocycles. The van der Waals surface area contributed by atoms with E-state index in [9.17, 15) is 9.59 Å². The minimum absolute atomic E-state index is 0.0961. The van der Waals surface area contributed by atoms with E-state index in [1.807, 2.05) is 13.0 Å². The molecule has 0 aliphatic carbocycles. The van der Waals surface area contributed by atoms with E-state index in [0.717, 1.165) is 10.6 Å².